The van der Waals surface area contributed by atoms with Crippen molar-refractivity contribution >= 4 is 46.5 Å². The summed E-state index contributed by atoms with van der Waals surface area (Å²) in [5.74, 6) is -0.480. The minimum Gasteiger partial charge on any atom is -0.462 e. The van der Waals surface area contributed by atoms with Gasteiger partial charge in [0.1, 0.15) is 0 Å². The highest BCUT2D eigenvalue weighted by molar-refractivity contribution is 7.80. The lowest BCUT2D eigenvalue weighted by atomic mass is 9.94. The van der Waals surface area contributed by atoms with Crippen molar-refractivity contribution in [3.63, 3.8) is 0 Å². The molecule has 0 aromatic heterocycles. The highest BCUT2D eigenvalue weighted by Crippen LogP contribution is 2.32. The first-order chi connectivity index (χ1) is 15.7. The number of anilines is 1. The fourth-order valence-electron chi connectivity index (χ4n) is 3.64. The molecule has 8 heteroatoms. The average Bonchev–Trinajstić information content (AvgIpc) is 2.77. The number of hydrogen-bond acceptors (Lipinski definition) is 4. The highest BCUT2D eigenvalue weighted by Gasteiger charge is 2.34. The van der Waals surface area contributed by atoms with Crippen molar-refractivity contribution < 1.29 is 14.3 Å². The van der Waals surface area contributed by atoms with Gasteiger partial charge in [0, 0.05) is 17.9 Å². The zero-order valence-electron chi connectivity index (χ0n) is 19.1. The fraction of sp³-hybridized carbons (Fsp3) is 0.320. The molecule has 0 saturated heterocycles. The van der Waals surface area contributed by atoms with Crippen molar-refractivity contribution in [3.05, 3.63) is 76.0 Å². The van der Waals surface area contributed by atoms with Gasteiger partial charge < -0.3 is 20.3 Å². The molecule has 6 nitrogen and oxygen atoms in total. The first-order valence-corrected chi connectivity index (χ1v) is 11.6. The third-order valence-corrected chi connectivity index (χ3v) is 5.94. The maximum atomic E-state index is 13.1. The van der Waals surface area contributed by atoms with Crippen LogP contribution in [-0.2, 0) is 9.53 Å². The van der Waals surface area contributed by atoms with Crippen molar-refractivity contribution in [2.75, 3.05) is 18.5 Å². The number of esters is 1. The number of carbonyl (C=O) groups excluding carboxylic acids is 2. The maximum Gasteiger partial charge on any atom is 0.338 e. The van der Waals surface area contributed by atoms with Crippen LogP contribution in [0, 0.1) is 5.92 Å². The molecule has 2 N–H and O–H groups in total. The summed E-state index contributed by atoms with van der Waals surface area (Å²) in [5, 5.41) is 7.05. The van der Waals surface area contributed by atoms with Crippen molar-refractivity contribution in [2.45, 2.75) is 33.7 Å². The number of rotatable bonds is 7. The van der Waals surface area contributed by atoms with Crippen LogP contribution in [0.25, 0.3) is 0 Å². The van der Waals surface area contributed by atoms with Gasteiger partial charge in [-0.05, 0) is 61.8 Å². The minimum atomic E-state index is -0.503. The van der Waals surface area contributed by atoms with E-state index in [-0.39, 0.29) is 17.8 Å². The molecule has 1 atom stereocenters. The second-order valence-corrected chi connectivity index (χ2v) is 8.97. The van der Waals surface area contributed by atoms with E-state index in [1.807, 2.05) is 50.8 Å². The molecule has 0 bridgehead atoms. The summed E-state index contributed by atoms with van der Waals surface area (Å²) in [5.41, 5.74) is 3.00. The first-order valence-electron chi connectivity index (χ1n) is 10.8. The van der Waals surface area contributed by atoms with Crippen LogP contribution in [0.2, 0.25) is 5.02 Å². The third kappa shape index (κ3) is 5.72. The third-order valence-electron chi connectivity index (χ3n) is 5.28. The van der Waals surface area contributed by atoms with Gasteiger partial charge in [0.25, 0.3) is 5.91 Å². The topological polar surface area (TPSA) is 70.7 Å². The smallest absolute Gasteiger partial charge is 0.338 e. The quantitative estimate of drug-likeness (QED) is 0.408. The van der Waals surface area contributed by atoms with Crippen LogP contribution < -0.4 is 10.6 Å². The number of hydrogen-bond donors (Lipinski definition) is 2. The molecule has 1 aliphatic heterocycles. The first kappa shape index (κ1) is 24.7. The lowest BCUT2D eigenvalue weighted by Gasteiger charge is -2.37. The standard InChI is InChI=1S/C25H28ClN3O3S/c1-5-29-16(4)21(24(31)32-14-15(2)3)22(28-25(29)33)17-9-8-10-18(13-17)27-23(30)19-11-6-7-12-20(19)26/h6-13,15,22H,5,14H2,1-4H3,(H,27,30)(H,28,33)/t22-/m1/s1. The molecule has 0 aliphatic carbocycles. The predicted molar refractivity (Wildman–Crippen MR) is 135 cm³/mol. The molecule has 1 aliphatic rings. The van der Waals surface area contributed by atoms with Crippen molar-refractivity contribution in [3.8, 4) is 0 Å². The summed E-state index contributed by atoms with van der Waals surface area (Å²) in [7, 11) is 0. The molecule has 0 spiro atoms. The summed E-state index contributed by atoms with van der Waals surface area (Å²) < 4.78 is 5.57. The Labute approximate surface area is 204 Å². The predicted octanol–water partition coefficient (Wildman–Crippen LogP) is 5.32. The molecule has 174 valence electrons. The summed E-state index contributed by atoms with van der Waals surface area (Å²) in [6.45, 7) is 8.78. The van der Waals surface area contributed by atoms with Gasteiger partial charge in [-0.3, -0.25) is 4.79 Å². The van der Waals surface area contributed by atoms with E-state index in [9.17, 15) is 9.59 Å². The number of ether oxygens (including phenoxy) is 1. The van der Waals surface area contributed by atoms with Gasteiger partial charge in [-0.2, -0.15) is 0 Å². The molecular weight excluding hydrogens is 458 g/mol. The monoisotopic (exact) mass is 485 g/mol. The van der Waals surface area contributed by atoms with E-state index in [2.05, 4.69) is 10.6 Å². The number of allylic oxidation sites excluding steroid dienone is 1. The molecule has 1 heterocycles. The Bertz CT molecular complexity index is 1100. The number of thiocarbonyl (C=S) groups is 1. The van der Waals surface area contributed by atoms with Crippen LogP contribution in [0.4, 0.5) is 5.69 Å². The van der Waals surface area contributed by atoms with Crippen molar-refractivity contribution in [2.24, 2.45) is 5.92 Å². The van der Waals surface area contributed by atoms with Gasteiger partial charge in [0.15, 0.2) is 5.11 Å². The Kier molecular flexibility index (Phi) is 8.10. The van der Waals surface area contributed by atoms with Crippen molar-refractivity contribution in [1.29, 1.82) is 0 Å². The van der Waals surface area contributed by atoms with Gasteiger partial charge in [0.05, 0.1) is 28.8 Å². The van der Waals surface area contributed by atoms with E-state index in [4.69, 9.17) is 28.6 Å². The van der Waals surface area contributed by atoms with Gasteiger partial charge in [-0.25, -0.2) is 4.79 Å². The largest absolute Gasteiger partial charge is 0.462 e. The summed E-state index contributed by atoms with van der Waals surface area (Å²) in [6.07, 6.45) is 0. The van der Waals surface area contributed by atoms with Gasteiger partial charge in [-0.1, -0.05) is 49.7 Å². The molecule has 0 radical (unpaired) electrons. The number of benzene rings is 2. The van der Waals surface area contributed by atoms with Gasteiger partial charge in [-0.15, -0.1) is 0 Å². The van der Waals surface area contributed by atoms with E-state index < -0.39 is 6.04 Å². The average molecular weight is 486 g/mol. The summed E-state index contributed by atoms with van der Waals surface area (Å²) in [6, 6.07) is 13.7. The van der Waals surface area contributed by atoms with E-state index in [1.165, 1.54) is 0 Å². The number of halogens is 1. The van der Waals surface area contributed by atoms with Crippen LogP contribution in [0.15, 0.2) is 59.8 Å². The Morgan fingerprint density at radius 2 is 1.94 bits per heavy atom. The molecule has 33 heavy (non-hydrogen) atoms. The maximum absolute atomic E-state index is 13.1. The Balaban J connectivity index is 1.93. The Morgan fingerprint density at radius 1 is 1.21 bits per heavy atom. The number of nitrogens with one attached hydrogen (secondary N) is 2. The molecule has 3 rings (SSSR count). The molecule has 0 fully saturated rings. The lowest BCUT2D eigenvalue weighted by Crippen LogP contribution is -2.47. The van der Waals surface area contributed by atoms with Crippen LogP contribution in [0.1, 0.15) is 49.7 Å². The zero-order chi connectivity index (χ0) is 24.1. The van der Waals surface area contributed by atoms with Gasteiger partial charge in [0.2, 0.25) is 0 Å². The Morgan fingerprint density at radius 3 is 2.61 bits per heavy atom. The molecular formula is C25H28ClN3O3S. The second-order valence-electron chi connectivity index (χ2n) is 8.18. The number of carbonyl (C=O) groups is 2. The normalized spacial score (nSPS) is 16.0. The number of amides is 1. The zero-order valence-corrected chi connectivity index (χ0v) is 20.7. The Hall–Kier alpha value is -2.90. The van der Waals surface area contributed by atoms with Crippen LogP contribution in [0.3, 0.4) is 0 Å². The molecule has 2 aromatic rings. The lowest BCUT2D eigenvalue weighted by molar-refractivity contribution is -0.140. The molecule has 0 saturated carbocycles. The SMILES string of the molecule is CCN1C(=S)N[C@H](c2cccc(NC(=O)c3ccccc3Cl)c2)C(C(=O)OCC(C)C)=C1C. The number of nitrogens with zero attached hydrogens (tertiary/aromatic N) is 1. The summed E-state index contributed by atoms with van der Waals surface area (Å²) >= 11 is 11.7. The van der Waals surface area contributed by atoms with Crippen molar-refractivity contribution in [1.82, 2.24) is 10.2 Å². The van der Waals surface area contributed by atoms with Crippen LogP contribution >= 0.6 is 23.8 Å². The van der Waals surface area contributed by atoms with Crippen LogP contribution in [-0.4, -0.2) is 35.0 Å². The fourth-order valence-corrected chi connectivity index (χ4v) is 4.24. The molecule has 0 unspecified atom stereocenters. The van der Waals surface area contributed by atoms with E-state index in [0.717, 1.165) is 11.3 Å². The summed E-state index contributed by atoms with van der Waals surface area (Å²) in [4.78, 5) is 27.7. The van der Waals surface area contributed by atoms with E-state index in [0.29, 0.717) is 40.1 Å². The van der Waals surface area contributed by atoms with E-state index >= 15 is 0 Å². The highest BCUT2D eigenvalue weighted by atomic mass is 35.5. The van der Waals surface area contributed by atoms with Gasteiger partial charge >= 0.3 is 5.97 Å². The second kappa shape index (κ2) is 10.8. The molecule has 1 amide bonds. The molecule has 2 aromatic carbocycles. The van der Waals surface area contributed by atoms with E-state index in [1.54, 1.807) is 30.3 Å². The van der Waals surface area contributed by atoms with Crippen LogP contribution in [0.5, 0.6) is 0 Å². The minimum absolute atomic E-state index is 0.219.